The van der Waals surface area contributed by atoms with Gasteiger partial charge in [0.1, 0.15) is 11.0 Å². The third-order valence-electron chi connectivity index (χ3n) is 5.52. The lowest BCUT2D eigenvalue weighted by molar-refractivity contribution is 0.0698. The number of nitrogens with zero attached hydrogens (tertiary/aromatic N) is 3. The van der Waals surface area contributed by atoms with Gasteiger partial charge in [0.05, 0.1) is 27.8 Å². The molecule has 2 N–H and O–H groups in total. The Morgan fingerprint density at radius 2 is 1.68 bits per heavy atom. The van der Waals surface area contributed by atoms with Crippen molar-refractivity contribution in [3.05, 3.63) is 89.5 Å². The molecule has 1 heterocycles. The van der Waals surface area contributed by atoms with Crippen LogP contribution in [0.2, 0.25) is 0 Å². The summed E-state index contributed by atoms with van der Waals surface area (Å²) in [6.07, 6.45) is 0. The molecule has 1 saturated heterocycles. The van der Waals surface area contributed by atoms with E-state index >= 15 is 0 Å². The summed E-state index contributed by atoms with van der Waals surface area (Å²) >= 11 is 0. The largest absolute Gasteiger partial charge is 0.478 e. The van der Waals surface area contributed by atoms with Gasteiger partial charge in [-0.05, 0) is 48.5 Å². The molecule has 1 aliphatic rings. The van der Waals surface area contributed by atoms with Crippen molar-refractivity contribution in [3.63, 3.8) is 0 Å². The van der Waals surface area contributed by atoms with Crippen LogP contribution in [0.3, 0.4) is 0 Å². The van der Waals surface area contributed by atoms with E-state index < -0.39 is 22.9 Å². The summed E-state index contributed by atoms with van der Waals surface area (Å²) in [5, 5.41) is 21.0. The minimum atomic E-state index is -1.43. The van der Waals surface area contributed by atoms with Crippen LogP contribution in [0.4, 0.5) is 11.4 Å². The molecule has 0 aromatic heterocycles. The molecule has 3 aromatic carbocycles. The van der Waals surface area contributed by atoms with Crippen LogP contribution in [-0.4, -0.2) is 51.7 Å². The average molecular weight is 475 g/mol. The molecule has 0 bridgehead atoms. The van der Waals surface area contributed by atoms with E-state index in [2.05, 4.69) is 22.3 Å². The predicted octanol–water partition coefficient (Wildman–Crippen LogP) is 3.35. The summed E-state index contributed by atoms with van der Waals surface area (Å²) in [5.41, 5.74) is 1.48. The topological polar surface area (TPSA) is 114 Å². The highest BCUT2D eigenvalue weighted by Gasteiger charge is 2.23. The third-order valence-corrected chi connectivity index (χ3v) is 7.01. The number of nitriles is 1. The number of anilines is 2. The van der Waals surface area contributed by atoms with Gasteiger partial charge in [-0.15, -0.1) is 0 Å². The summed E-state index contributed by atoms with van der Waals surface area (Å²) in [6, 6.07) is 22.5. The zero-order chi connectivity index (χ0) is 24.1. The smallest absolute Gasteiger partial charge is 0.337 e. The highest BCUT2D eigenvalue weighted by Crippen LogP contribution is 2.21. The molecule has 34 heavy (non-hydrogen) atoms. The lowest BCUT2D eigenvalue weighted by atomic mass is 10.1. The van der Waals surface area contributed by atoms with Crippen molar-refractivity contribution in [3.8, 4) is 6.07 Å². The first-order valence-corrected chi connectivity index (χ1v) is 11.7. The molecule has 0 saturated carbocycles. The van der Waals surface area contributed by atoms with Crippen LogP contribution in [-0.2, 0) is 11.0 Å². The normalized spacial score (nSPS) is 14.7. The van der Waals surface area contributed by atoms with Gasteiger partial charge in [-0.25, -0.2) is 13.3 Å². The van der Waals surface area contributed by atoms with Gasteiger partial charge in [-0.2, -0.15) is 5.26 Å². The second kappa shape index (κ2) is 10.3. The lowest BCUT2D eigenvalue weighted by Crippen LogP contribution is -2.46. The SMILES string of the molecule is N#Cc1ccc(NC(=O)c2cccc(S(=O)N3CCN(c4ccccc4)CC3)c2)c(C(=O)O)c1. The van der Waals surface area contributed by atoms with Crippen molar-refractivity contribution < 1.29 is 18.9 Å². The maximum absolute atomic E-state index is 13.2. The predicted molar refractivity (Wildman–Crippen MR) is 129 cm³/mol. The highest BCUT2D eigenvalue weighted by atomic mass is 32.2. The van der Waals surface area contributed by atoms with Gasteiger partial charge in [0, 0.05) is 37.4 Å². The van der Waals surface area contributed by atoms with Crippen LogP contribution in [0, 0.1) is 11.3 Å². The number of carbonyl (C=O) groups excluding carboxylic acids is 1. The third kappa shape index (κ3) is 5.14. The first kappa shape index (κ1) is 23.2. The van der Waals surface area contributed by atoms with E-state index in [9.17, 15) is 18.9 Å². The second-order valence-corrected chi connectivity index (χ2v) is 9.15. The summed E-state index contributed by atoms with van der Waals surface area (Å²) in [5.74, 6) is -1.78. The molecule has 0 spiro atoms. The maximum Gasteiger partial charge on any atom is 0.337 e. The zero-order valence-electron chi connectivity index (χ0n) is 18.2. The van der Waals surface area contributed by atoms with Crippen LogP contribution in [0.1, 0.15) is 26.3 Å². The Labute approximate surface area is 199 Å². The number of carbonyl (C=O) groups is 2. The highest BCUT2D eigenvalue weighted by molar-refractivity contribution is 7.82. The van der Waals surface area contributed by atoms with E-state index in [1.54, 1.807) is 24.3 Å². The fraction of sp³-hybridized carbons (Fsp3) is 0.160. The molecular weight excluding hydrogens is 452 g/mol. The molecular formula is C25H22N4O4S. The zero-order valence-corrected chi connectivity index (χ0v) is 19.0. The number of carboxylic acids is 1. The van der Waals surface area contributed by atoms with Crippen molar-refractivity contribution in [1.82, 2.24) is 4.31 Å². The van der Waals surface area contributed by atoms with E-state index in [1.807, 2.05) is 28.6 Å². The second-order valence-electron chi connectivity index (χ2n) is 7.66. The fourth-order valence-corrected chi connectivity index (χ4v) is 4.96. The van der Waals surface area contributed by atoms with E-state index in [0.717, 1.165) is 18.8 Å². The average Bonchev–Trinajstić information content (AvgIpc) is 2.89. The van der Waals surface area contributed by atoms with Crippen molar-refractivity contribution >= 4 is 34.2 Å². The van der Waals surface area contributed by atoms with Crippen molar-refractivity contribution in [2.75, 3.05) is 36.4 Å². The number of benzene rings is 3. The summed E-state index contributed by atoms with van der Waals surface area (Å²) < 4.78 is 15.0. The molecule has 8 nitrogen and oxygen atoms in total. The molecule has 172 valence electrons. The Balaban J connectivity index is 1.45. The molecule has 3 aromatic rings. The Bertz CT molecular complexity index is 1280. The number of hydrogen-bond donors (Lipinski definition) is 2. The molecule has 0 aliphatic carbocycles. The molecule has 1 fully saturated rings. The standard InChI is InChI=1S/C25H22N4O4S/c26-17-18-9-10-23(22(15-18)25(31)32)27-24(30)19-5-4-8-21(16-19)34(33)29-13-11-28(12-14-29)20-6-2-1-3-7-20/h1-10,15-16H,11-14H2,(H,27,30)(H,31,32). The van der Waals surface area contributed by atoms with Crippen LogP contribution >= 0.6 is 0 Å². The van der Waals surface area contributed by atoms with Gasteiger partial charge < -0.3 is 15.3 Å². The van der Waals surface area contributed by atoms with Crippen molar-refractivity contribution in [2.45, 2.75) is 4.90 Å². The summed E-state index contributed by atoms with van der Waals surface area (Å²) in [7, 11) is -1.43. The number of carboxylic acid groups (broad SMARTS) is 1. The van der Waals surface area contributed by atoms with Crippen LogP contribution in [0.5, 0.6) is 0 Å². The van der Waals surface area contributed by atoms with Crippen LogP contribution in [0.25, 0.3) is 0 Å². The van der Waals surface area contributed by atoms with Crippen LogP contribution in [0.15, 0.2) is 77.7 Å². The fourth-order valence-electron chi connectivity index (χ4n) is 3.74. The number of piperazine rings is 1. The maximum atomic E-state index is 13.2. The van der Waals surface area contributed by atoms with Crippen molar-refractivity contribution in [1.29, 1.82) is 5.26 Å². The van der Waals surface area contributed by atoms with Gasteiger partial charge in [0.15, 0.2) is 0 Å². The first-order chi connectivity index (χ1) is 16.5. The lowest BCUT2D eigenvalue weighted by Gasteiger charge is -2.35. The minimum absolute atomic E-state index is 0.0834. The molecule has 0 radical (unpaired) electrons. The van der Waals surface area contributed by atoms with Gasteiger partial charge in [-0.3, -0.25) is 4.79 Å². The molecule has 4 rings (SSSR count). The van der Waals surface area contributed by atoms with Gasteiger partial charge in [0.25, 0.3) is 5.91 Å². The molecule has 9 heteroatoms. The number of aromatic carboxylic acids is 1. The minimum Gasteiger partial charge on any atom is -0.478 e. The quantitative estimate of drug-likeness (QED) is 0.566. The Morgan fingerprint density at radius 3 is 2.35 bits per heavy atom. The molecule has 1 amide bonds. The summed E-state index contributed by atoms with van der Waals surface area (Å²) in [4.78, 5) is 27.1. The Morgan fingerprint density at radius 1 is 0.941 bits per heavy atom. The molecule has 1 atom stereocenters. The molecule has 1 unspecified atom stereocenters. The van der Waals surface area contributed by atoms with E-state index in [-0.39, 0.29) is 22.4 Å². The van der Waals surface area contributed by atoms with Crippen molar-refractivity contribution in [2.24, 2.45) is 0 Å². The van der Waals surface area contributed by atoms with E-state index in [1.165, 1.54) is 18.2 Å². The number of rotatable bonds is 6. The summed E-state index contributed by atoms with van der Waals surface area (Å²) in [6.45, 7) is 2.72. The Kier molecular flexibility index (Phi) is 7.01. The van der Waals surface area contributed by atoms with Gasteiger partial charge in [-0.1, -0.05) is 24.3 Å². The molecule has 1 aliphatic heterocycles. The van der Waals surface area contributed by atoms with Gasteiger partial charge >= 0.3 is 5.97 Å². The number of nitrogens with one attached hydrogen (secondary N) is 1. The first-order valence-electron chi connectivity index (χ1n) is 10.6. The van der Waals surface area contributed by atoms with E-state index in [0.29, 0.717) is 18.0 Å². The number of amides is 1. The number of hydrogen-bond acceptors (Lipinski definition) is 5. The monoisotopic (exact) mass is 474 g/mol. The van der Waals surface area contributed by atoms with Crippen LogP contribution < -0.4 is 10.2 Å². The van der Waals surface area contributed by atoms with E-state index in [4.69, 9.17) is 5.26 Å². The number of para-hydroxylation sites is 1. The van der Waals surface area contributed by atoms with Gasteiger partial charge in [0.2, 0.25) is 0 Å². The Hall–Kier alpha value is -4.00.